The summed E-state index contributed by atoms with van der Waals surface area (Å²) in [6, 6.07) is -0.0673. The molecule has 9 heteroatoms. The van der Waals surface area contributed by atoms with Gasteiger partial charge in [0.25, 0.3) is 0 Å². The van der Waals surface area contributed by atoms with Crippen molar-refractivity contribution in [3.63, 3.8) is 0 Å². The van der Waals surface area contributed by atoms with Crippen molar-refractivity contribution >= 4 is 18.0 Å². The van der Waals surface area contributed by atoms with Crippen molar-refractivity contribution in [2.75, 3.05) is 66.6 Å². The van der Waals surface area contributed by atoms with Gasteiger partial charge in [0.15, 0.2) is 0 Å². The normalized spacial score (nSPS) is 11.7. The predicted octanol–water partition coefficient (Wildman–Crippen LogP) is 16.5. The number of amides is 2. The van der Waals surface area contributed by atoms with Crippen LogP contribution in [0.1, 0.15) is 291 Å². The van der Waals surface area contributed by atoms with Crippen molar-refractivity contribution in [1.82, 2.24) is 20.4 Å². The molecule has 0 bridgehead atoms. The first-order chi connectivity index (χ1) is 33.8. The topological polar surface area (TPSA) is 100 Å². The van der Waals surface area contributed by atoms with E-state index in [4.69, 9.17) is 9.47 Å². The smallest absolute Gasteiger partial charge is 0.314 e. The highest BCUT2D eigenvalue weighted by molar-refractivity contribution is 5.73. The summed E-state index contributed by atoms with van der Waals surface area (Å²) in [5.41, 5.74) is 0. The lowest BCUT2D eigenvalue weighted by atomic mass is 9.94. The Morgan fingerprint density at radius 1 is 0.348 bits per heavy atom. The third-order valence-corrected chi connectivity index (χ3v) is 14.3. The number of urea groups is 1. The molecule has 0 unspecified atom stereocenters. The highest BCUT2D eigenvalue weighted by Gasteiger charge is 2.20. The van der Waals surface area contributed by atoms with E-state index in [1.165, 1.54) is 180 Å². The van der Waals surface area contributed by atoms with Crippen LogP contribution in [0.3, 0.4) is 0 Å². The number of carbonyl (C=O) groups excluding carboxylic acids is 3. The number of esters is 2. The average molecular weight is 978 g/mol. The number of nitrogens with one attached hydrogen (secondary N) is 2. The third-order valence-electron chi connectivity index (χ3n) is 14.3. The number of rotatable bonds is 55. The molecule has 0 radical (unpaired) electrons. The minimum atomic E-state index is -0.0673. The van der Waals surface area contributed by atoms with Gasteiger partial charge in [-0.3, -0.25) is 9.59 Å². The van der Waals surface area contributed by atoms with Gasteiger partial charge in [-0.1, -0.05) is 233 Å². The van der Waals surface area contributed by atoms with Gasteiger partial charge in [0.2, 0.25) is 0 Å². The Balaban J connectivity index is 4.65. The molecule has 9 nitrogen and oxygen atoms in total. The number of hydrogen-bond donors (Lipinski definition) is 2. The average Bonchev–Trinajstić information content (AvgIpc) is 3.34. The summed E-state index contributed by atoms with van der Waals surface area (Å²) in [6.07, 6.45) is 49.0. The molecule has 0 fully saturated rings. The molecule has 0 saturated heterocycles. The van der Waals surface area contributed by atoms with Crippen molar-refractivity contribution in [2.24, 2.45) is 11.8 Å². The molecule has 2 amide bonds. The first-order valence-electron chi connectivity index (χ1n) is 30.5. The van der Waals surface area contributed by atoms with Gasteiger partial charge in [-0.2, -0.15) is 0 Å². The molecule has 0 aromatic carbocycles. The fourth-order valence-electron chi connectivity index (χ4n) is 9.64. The summed E-state index contributed by atoms with van der Waals surface area (Å²) >= 11 is 0. The summed E-state index contributed by atoms with van der Waals surface area (Å²) in [5, 5.41) is 6.10. The fraction of sp³-hybridized carbons (Fsp3) is 0.950. The predicted molar refractivity (Wildman–Crippen MR) is 297 cm³/mol. The zero-order valence-corrected chi connectivity index (χ0v) is 47.2. The maximum Gasteiger partial charge on any atom is 0.314 e. The molecule has 0 aliphatic rings. The lowest BCUT2D eigenvalue weighted by Gasteiger charge is -2.22. The molecule has 0 atom stereocenters. The first-order valence-corrected chi connectivity index (χ1v) is 30.5. The second-order valence-electron chi connectivity index (χ2n) is 21.4. The molecular formula is C60H120N4O5. The van der Waals surface area contributed by atoms with Crippen LogP contribution in [0.25, 0.3) is 0 Å². The van der Waals surface area contributed by atoms with Gasteiger partial charge >= 0.3 is 18.0 Å². The van der Waals surface area contributed by atoms with Gasteiger partial charge in [0.1, 0.15) is 0 Å². The van der Waals surface area contributed by atoms with Crippen molar-refractivity contribution < 1.29 is 23.9 Å². The van der Waals surface area contributed by atoms with Crippen molar-refractivity contribution in [1.29, 1.82) is 0 Å². The van der Waals surface area contributed by atoms with Crippen LogP contribution in [-0.2, 0) is 19.1 Å². The van der Waals surface area contributed by atoms with E-state index in [1.807, 2.05) is 0 Å². The second-order valence-corrected chi connectivity index (χ2v) is 21.4. The molecule has 0 aromatic heterocycles. The van der Waals surface area contributed by atoms with Gasteiger partial charge in [-0.25, -0.2) is 4.79 Å². The van der Waals surface area contributed by atoms with E-state index < -0.39 is 0 Å². The van der Waals surface area contributed by atoms with Gasteiger partial charge in [0.05, 0.1) is 25.0 Å². The Morgan fingerprint density at radius 2 is 0.652 bits per heavy atom. The minimum absolute atomic E-state index is 0.0623. The van der Waals surface area contributed by atoms with Gasteiger partial charge in [-0.15, -0.1) is 0 Å². The van der Waals surface area contributed by atoms with Gasteiger partial charge in [-0.05, 0) is 91.5 Å². The Hall–Kier alpha value is -1.87. The van der Waals surface area contributed by atoms with Crippen LogP contribution in [0.4, 0.5) is 4.79 Å². The summed E-state index contributed by atoms with van der Waals surface area (Å²) in [6.45, 7) is 15.5. The van der Waals surface area contributed by atoms with E-state index >= 15 is 0 Å². The zero-order chi connectivity index (χ0) is 50.5. The Bertz CT molecular complexity index is 994. The molecule has 0 rings (SSSR count). The highest BCUT2D eigenvalue weighted by Crippen LogP contribution is 2.23. The maximum absolute atomic E-state index is 13.1. The summed E-state index contributed by atoms with van der Waals surface area (Å²) in [4.78, 5) is 43.4. The lowest BCUT2D eigenvalue weighted by molar-refractivity contribution is -0.150. The number of ether oxygens (including phenoxy) is 2. The van der Waals surface area contributed by atoms with Crippen LogP contribution in [0, 0.1) is 11.8 Å². The van der Waals surface area contributed by atoms with Crippen LogP contribution in [0.5, 0.6) is 0 Å². The molecule has 0 aliphatic carbocycles. The first kappa shape index (κ1) is 67.1. The van der Waals surface area contributed by atoms with Crippen LogP contribution in [0.2, 0.25) is 0 Å². The highest BCUT2D eigenvalue weighted by atomic mass is 16.5. The van der Waals surface area contributed by atoms with Gasteiger partial charge in [0, 0.05) is 19.6 Å². The SMILES string of the molecule is CCCCCCCCC(CCCCCCCC)C(=O)OCCCCCCCCN(CCCCCCCCOC(=O)C(CCCCCCCC)CCCCCCCC)CCNC(=O)NCCCN(C)C. The van der Waals surface area contributed by atoms with E-state index in [-0.39, 0.29) is 29.8 Å². The fourth-order valence-corrected chi connectivity index (χ4v) is 9.64. The third kappa shape index (κ3) is 48.2. The standard InChI is InChI=1S/C60H120N4O5/c1-7-11-15-19-27-35-44-56(45-36-28-20-16-12-8-2)58(65)68-54-41-33-25-23-31-39-51-64(53-49-62-60(67)61-48-43-50-63(5)6)52-40-32-24-26-34-42-55-69-59(66)57(46-37-29-21-17-13-9-3)47-38-30-22-18-14-10-4/h56-57H,7-55H2,1-6H3,(H2,61,62,67). The van der Waals surface area contributed by atoms with E-state index in [0.29, 0.717) is 26.3 Å². The molecule has 0 heterocycles. The largest absolute Gasteiger partial charge is 0.465 e. The van der Waals surface area contributed by atoms with Crippen molar-refractivity contribution in [3.8, 4) is 0 Å². The van der Waals surface area contributed by atoms with E-state index in [9.17, 15) is 14.4 Å². The Kier molecular flexibility index (Phi) is 52.5. The van der Waals surface area contributed by atoms with Crippen LogP contribution >= 0.6 is 0 Å². The molecular weight excluding hydrogens is 857 g/mol. The summed E-state index contributed by atoms with van der Waals surface area (Å²) < 4.78 is 11.8. The Morgan fingerprint density at radius 3 is 1.00 bits per heavy atom. The molecule has 69 heavy (non-hydrogen) atoms. The van der Waals surface area contributed by atoms with Gasteiger partial charge < -0.3 is 29.9 Å². The number of hydrogen-bond acceptors (Lipinski definition) is 7. The number of carbonyl (C=O) groups is 3. The molecule has 0 saturated carbocycles. The lowest BCUT2D eigenvalue weighted by Crippen LogP contribution is -2.41. The zero-order valence-electron chi connectivity index (χ0n) is 47.2. The monoisotopic (exact) mass is 977 g/mol. The summed E-state index contributed by atoms with van der Waals surface area (Å²) in [7, 11) is 4.12. The molecule has 0 spiro atoms. The molecule has 0 aliphatic heterocycles. The van der Waals surface area contributed by atoms with Crippen LogP contribution < -0.4 is 10.6 Å². The minimum Gasteiger partial charge on any atom is -0.465 e. The summed E-state index contributed by atoms with van der Waals surface area (Å²) in [5.74, 6) is 0.297. The van der Waals surface area contributed by atoms with E-state index in [1.54, 1.807) is 0 Å². The number of nitrogens with zero attached hydrogens (tertiary/aromatic N) is 2. The molecule has 2 N–H and O–H groups in total. The molecule has 0 aromatic rings. The van der Waals surface area contributed by atoms with Crippen molar-refractivity contribution in [2.45, 2.75) is 291 Å². The quantitative estimate of drug-likeness (QED) is 0.0462. The number of unbranched alkanes of at least 4 members (excludes halogenated alkanes) is 30. The second kappa shape index (κ2) is 53.9. The van der Waals surface area contributed by atoms with Crippen molar-refractivity contribution in [3.05, 3.63) is 0 Å². The van der Waals surface area contributed by atoms with Crippen LogP contribution in [-0.4, -0.2) is 94.3 Å². The van der Waals surface area contributed by atoms with Crippen LogP contribution in [0.15, 0.2) is 0 Å². The Labute approximate surface area is 430 Å². The maximum atomic E-state index is 13.1. The molecule has 410 valence electrons. The van der Waals surface area contributed by atoms with E-state index in [0.717, 1.165) is 110 Å². The van der Waals surface area contributed by atoms with E-state index in [2.05, 4.69) is 62.2 Å².